The second kappa shape index (κ2) is 12.3. The molecule has 0 aliphatic rings. The van der Waals surface area contributed by atoms with Crippen molar-refractivity contribution in [3.05, 3.63) is 188 Å². The van der Waals surface area contributed by atoms with E-state index in [2.05, 4.69) is 130 Å². The van der Waals surface area contributed by atoms with Crippen LogP contribution >= 0.6 is 0 Å². The first-order valence-corrected chi connectivity index (χ1v) is 19.1. The lowest BCUT2D eigenvalue weighted by Gasteiger charge is -2.14. The summed E-state index contributed by atoms with van der Waals surface area (Å²) >= 11 is 0. The molecule has 0 saturated carbocycles. The highest BCUT2D eigenvalue weighted by Crippen LogP contribution is 2.45. The number of para-hydroxylation sites is 3. The van der Waals surface area contributed by atoms with Crippen LogP contribution in [-0.2, 0) is 0 Å². The predicted octanol–water partition coefficient (Wildman–Crippen LogP) is 13.0. The van der Waals surface area contributed by atoms with Gasteiger partial charge in [0.15, 0.2) is 17.2 Å². The number of furan rings is 1. The van der Waals surface area contributed by atoms with E-state index < -0.39 is 0 Å². The molecule has 0 unspecified atom stereocenters. The quantitative estimate of drug-likeness (QED) is 0.177. The Morgan fingerprint density at radius 1 is 0.368 bits per heavy atom. The molecule has 0 spiro atoms. The van der Waals surface area contributed by atoms with Crippen LogP contribution in [-0.4, -0.2) is 24.1 Å². The van der Waals surface area contributed by atoms with Gasteiger partial charge in [-0.3, -0.25) is 4.57 Å². The Labute approximate surface area is 326 Å². The fourth-order valence-corrected chi connectivity index (χ4v) is 8.70. The zero-order valence-corrected chi connectivity index (χ0v) is 30.5. The second-order valence-corrected chi connectivity index (χ2v) is 14.4. The van der Waals surface area contributed by atoms with Crippen molar-refractivity contribution in [2.75, 3.05) is 0 Å². The highest BCUT2D eigenvalue weighted by atomic mass is 16.3. The number of nitrogens with zero attached hydrogens (tertiary/aromatic N) is 5. The molecule has 0 radical (unpaired) electrons. The van der Waals surface area contributed by atoms with Crippen LogP contribution in [0.4, 0.5) is 0 Å². The van der Waals surface area contributed by atoms with Gasteiger partial charge in [-0.05, 0) is 35.4 Å². The summed E-state index contributed by atoms with van der Waals surface area (Å²) in [5, 5.41) is 6.66. The summed E-state index contributed by atoms with van der Waals surface area (Å²) in [5.41, 5.74) is 10.9. The molecule has 0 amide bonds. The lowest BCUT2D eigenvalue weighted by Crippen LogP contribution is -2.07. The van der Waals surface area contributed by atoms with Crippen LogP contribution in [0.1, 0.15) is 0 Å². The van der Waals surface area contributed by atoms with Gasteiger partial charge < -0.3 is 8.98 Å². The average molecular weight is 730 g/mol. The minimum absolute atomic E-state index is 0.548. The van der Waals surface area contributed by atoms with Gasteiger partial charge in [0, 0.05) is 43.4 Å². The van der Waals surface area contributed by atoms with Crippen molar-refractivity contribution in [2.45, 2.75) is 0 Å². The van der Waals surface area contributed by atoms with Crippen molar-refractivity contribution in [3.63, 3.8) is 0 Å². The maximum absolute atomic E-state index is 6.92. The van der Waals surface area contributed by atoms with Gasteiger partial charge in [0.2, 0.25) is 5.95 Å². The number of hydrogen-bond donors (Lipinski definition) is 0. The first-order chi connectivity index (χ1) is 28.3. The van der Waals surface area contributed by atoms with Crippen LogP contribution in [0.3, 0.4) is 0 Å². The molecule has 4 aromatic heterocycles. The fraction of sp³-hybridized carbons (Fsp3) is 0. The highest BCUT2D eigenvalue weighted by molar-refractivity contribution is 6.24. The molecule has 4 heterocycles. The van der Waals surface area contributed by atoms with Gasteiger partial charge in [0.25, 0.3) is 0 Å². The third-order valence-electron chi connectivity index (χ3n) is 11.2. The van der Waals surface area contributed by atoms with Crippen molar-refractivity contribution in [1.29, 1.82) is 0 Å². The third-order valence-corrected chi connectivity index (χ3v) is 11.2. The summed E-state index contributed by atoms with van der Waals surface area (Å²) in [7, 11) is 0. The van der Waals surface area contributed by atoms with Crippen LogP contribution in [0.5, 0.6) is 0 Å². The van der Waals surface area contributed by atoms with Crippen LogP contribution in [0.25, 0.3) is 111 Å². The summed E-state index contributed by atoms with van der Waals surface area (Å²) < 4.78 is 11.5. The SMILES string of the molecule is c1ccc(-c2nc(-c3ccccc3)nc(-n3c4ccccc4c4ccc5c6ccccc6n(-c6ccc(-c7ccccc7)c7c6oc6ccccc67)c5c43)n2)cc1. The minimum atomic E-state index is 0.548. The summed E-state index contributed by atoms with van der Waals surface area (Å²) in [6.45, 7) is 0. The van der Waals surface area contributed by atoms with E-state index in [9.17, 15) is 0 Å². The van der Waals surface area contributed by atoms with E-state index in [1.807, 2.05) is 66.7 Å². The molecule has 0 saturated heterocycles. The van der Waals surface area contributed by atoms with Gasteiger partial charge in [0.05, 0.1) is 27.8 Å². The van der Waals surface area contributed by atoms with Crippen LogP contribution in [0, 0.1) is 0 Å². The molecule has 0 aliphatic heterocycles. The van der Waals surface area contributed by atoms with Gasteiger partial charge in [-0.1, -0.05) is 164 Å². The smallest absolute Gasteiger partial charge is 0.238 e. The van der Waals surface area contributed by atoms with Crippen molar-refractivity contribution in [1.82, 2.24) is 24.1 Å². The molecule has 57 heavy (non-hydrogen) atoms. The Balaban J connectivity index is 1.25. The maximum Gasteiger partial charge on any atom is 0.238 e. The Bertz CT molecular complexity index is 3450. The fourth-order valence-electron chi connectivity index (χ4n) is 8.70. The lowest BCUT2D eigenvalue weighted by atomic mass is 9.98. The highest BCUT2D eigenvalue weighted by Gasteiger charge is 2.25. The number of rotatable bonds is 5. The van der Waals surface area contributed by atoms with Crippen LogP contribution in [0.15, 0.2) is 192 Å². The second-order valence-electron chi connectivity index (χ2n) is 14.4. The van der Waals surface area contributed by atoms with E-state index in [0.717, 1.165) is 93.5 Å². The first-order valence-electron chi connectivity index (χ1n) is 19.1. The van der Waals surface area contributed by atoms with Gasteiger partial charge in [-0.2, -0.15) is 9.97 Å². The Morgan fingerprint density at radius 2 is 0.860 bits per heavy atom. The predicted molar refractivity (Wildman–Crippen MR) is 232 cm³/mol. The molecular weight excluding hydrogens is 699 g/mol. The molecular formula is C51H31N5O. The Hall–Kier alpha value is -7.83. The monoisotopic (exact) mass is 729 g/mol. The number of benzene rings is 8. The molecule has 6 heteroatoms. The number of aromatic nitrogens is 5. The lowest BCUT2D eigenvalue weighted by molar-refractivity contribution is 0.666. The van der Waals surface area contributed by atoms with Crippen molar-refractivity contribution in [3.8, 4) is 45.5 Å². The summed E-state index contributed by atoms with van der Waals surface area (Å²) in [6, 6.07) is 65.4. The standard InChI is InChI=1S/C51H31N5O/c1-4-16-32(17-5-1)35-30-31-43(48-45(35)40-24-12-15-27-44(40)57-48)55-41-25-13-10-22-36(41)38-28-29-39-37-23-11-14-26-42(37)56(47(39)46(38)55)51-53-49(33-18-6-2-7-19-33)52-50(54-51)34-20-8-3-9-21-34/h1-31H. The van der Waals surface area contributed by atoms with Crippen LogP contribution < -0.4 is 0 Å². The molecule has 8 aromatic carbocycles. The summed E-state index contributed by atoms with van der Waals surface area (Å²) in [5.74, 6) is 1.77. The van der Waals surface area contributed by atoms with E-state index in [0.29, 0.717) is 17.6 Å². The molecule has 0 N–H and O–H groups in total. The largest absolute Gasteiger partial charge is 0.454 e. The van der Waals surface area contributed by atoms with E-state index in [4.69, 9.17) is 19.4 Å². The topological polar surface area (TPSA) is 61.7 Å². The zero-order valence-electron chi connectivity index (χ0n) is 30.5. The summed E-state index contributed by atoms with van der Waals surface area (Å²) in [6.07, 6.45) is 0. The normalized spacial score (nSPS) is 11.9. The first kappa shape index (κ1) is 31.5. The van der Waals surface area contributed by atoms with Crippen molar-refractivity contribution >= 4 is 65.6 Å². The van der Waals surface area contributed by atoms with Gasteiger partial charge in [-0.25, -0.2) is 4.98 Å². The van der Waals surface area contributed by atoms with Gasteiger partial charge in [0.1, 0.15) is 5.58 Å². The van der Waals surface area contributed by atoms with Crippen LogP contribution in [0.2, 0.25) is 0 Å². The maximum atomic E-state index is 6.92. The molecule has 6 nitrogen and oxygen atoms in total. The van der Waals surface area contributed by atoms with Gasteiger partial charge >= 0.3 is 0 Å². The van der Waals surface area contributed by atoms with E-state index in [-0.39, 0.29) is 0 Å². The van der Waals surface area contributed by atoms with E-state index in [1.165, 1.54) is 0 Å². The van der Waals surface area contributed by atoms with Gasteiger partial charge in [-0.15, -0.1) is 0 Å². The minimum Gasteiger partial charge on any atom is -0.454 e. The molecule has 0 fully saturated rings. The molecule has 12 aromatic rings. The number of hydrogen-bond acceptors (Lipinski definition) is 4. The molecule has 0 bridgehead atoms. The zero-order chi connectivity index (χ0) is 37.5. The molecule has 266 valence electrons. The molecule has 12 rings (SSSR count). The van der Waals surface area contributed by atoms with E-state index in [1.54, 1.807) is 0 Å². The van der Waals surface area contributed by atoms with Crippen molar-refractivity contribution in [2.24, 2.45) is 0 Å². The Morgan fingerprint density at radius 3 is 1.47 bits per heavy atom. The Kier molecular flexibility index (Phi) is 6.83. The molecule has 0 aliphatic carbocycles. The summed E-state index contributed by atoms with van der Waals surface area (Å²) in [4.78, 5) is 15.6. The van der Waals surface area contributed by atoms with E-state index >= 15 is 0 Å². The van der Waals surface area contributed by atoms with Crippen molar-refractivity contribution < 1.29 is 4.42 Å². The third kappa shape index (κ3) is 4.74. The average Bonchev–Trinajstić information content (AvgIpc) is 3.95. The number of fused-ring (bicyclic) bond motifs is 10. The molecule has 0 atom stereocenters.